The van der Waals surface area contributed by atoms with Crippen LogP contribution in [-0.4, -0.2) is 10.9 Å². The first kappa shape index (κ1) is 14.0. The van der Waals surface area contributed by atoms with Gasteiger partial charge >= 0.3 is 0 Å². The Balaban J connectivity index is 1.83. The first-order valence-electron chi connectivity index (χ1n) is 6.85. The third-order valence-corrected chi connectivity index (χ3v) is 3.95. The number of ketones is 1. The zero-order valence-electron chi connectivity index (χ0n) is 11.2. The van der Waals surface area contributed by atoms with E-state index in [1.807, 2.05) is 17.5 Å². The first-order chi connectivity index (χ1) is 9.31. The summed E-state index contributed by atoms with van der Waals surface area (Å²) >= 11 is 1.58. The molecule has 2 heterocycles. The van der Waals surface area contributed by atoms with Crippen LogP contribution < -0.4 is 0 Å². The molecule has 4 heteroatoms. The van der Waals surface area contributed by atoms with Gasteiger partial charge in [0.05, 0.1) is 4.88 Å². The summed E-state index contributed by atoms with van der Waals surface area (Å²) in [7, 11) is 0. The lowest BCUT2D eigenvalue weighted by Gasteiger charge is -1.97. The van der Waals surface area contributed by atoms with E-state index < -0.39 is 0 Å². The predicted octanol–water partition coefficient (Wildman–Crippen LogP) is 4.95. The maximum absolute atomic E-state index is 11.9. The minimum atomic E-state index is 0.0862. The number of Topliss-reactive ketones (excluding diaryl/α,β-unsaturated/α-hetero) is 1. The van der Waals surface area contributed by atoms with E-state index >= 15 is 0 Å². The van der Waals surface area contributed by atoms with Crippen molar-refractivity contribution in [1.82, 2.24) is 5.16 Å². The van der Waals surface area contributed by atoms with Crippen LogP contribution in [0.4, 0.5) is 0 Å². The SMILES string of the molecule is CCCCCCCC(=O)c1cc(-c2cccs2)on1. The molecule has 0 aliphatic heterocycles. The summed E-state index contributed by atoms with van der Waals surface area (Å²) in [5.74, 6) is 0.771. The number of hydrogen-bond donors (Lipinski definition) is 0. The molecule has 0 unspecified atom stereocenters. The average molecular weight is 277 g/mol. The highest BCUT2D eigenvalue weighted by atomic mass is 32.1. The summed E-state index contributed by atoms with van der Waals surface area (Å²) in [5.41, 5.74) is 0.457. The molecule has 2 rings (SSSR count). The van der Waals surface area contributed by atoms with Crippen molar-refractivity contribution in [2.45, 2.75) is 45.4 Å². The molecule has 102 valence electrons. The van der Waals surface area contributed by atoms with Gasteiger partial charge in [0, 0.05) is 12.5 Å². The lowest BCUT2D eigenvalue weighted by Crippen LogP contribution is -1.98. The van der Waals surface area contributed by atoms with Gasteiger partial charge in [0.1, 0.15) is 5.69 Å². The van der Waals surface area contributed by atoms with Gasteiger partial charge in [-0.05, 0) is 17.9 Å². The van der Waals surface area contributed by atoms with Crippen LogP contribution in [0.1, 0.15) is 55.9 Å². The quantitative estimate of drug-likeness (QED) is 0.506. The van der Waals surface area contributed by atoms with E-state index in [0.29, 0.717) is 17.9 Å². The second kappa shape index (κ2) is 7.24. The molecule has 0 fully saturated rings. The lowest BCUT2D eigenvalue weighted by atomic mass is 10.1. The van der Waals surface area contributed by atoms with Crippen molar-refractivity contribution in [3.05, 3.63) is 29.3 Å². The van der Waals surface area contributed by atoms with Crippen molar-refractivity contribution >= 4 is 17.1 Å². The fourth-order valence-electron chi connectivity index (χ4n) is 1.96. The third-order valence-electron chi connectivity index (χ3n) is 3.07. The Morgan fingerprint density at radius 2 is 2.16 bits per heavy atom. The minimum Gasteiger partial charge on any atom is -0.355 e. The molecule has 19 heavy (non-hydrogen) atoms. The van der Waals surface area contributed by atoms with Crippen molar-refractivity contribution in [2.24, 2.45) is 0 Å². The summed E-state index contributed by atoms with van der Waals surface area (Å²) in [4.78, 5) is 12.9. The van der Waals surface area contributed by atoms with E-state index in [0.717, 1.165) is 17.7 Å². The standard InChI is InChI=1S/C15H19NO2S/c1-2-3-4-5-6-8-13(17)12-11-14(18-16-12)15-9-7-10-19-15/h7,9-11H,2-6,8H2,1H3. The number of carbonyl (C=O) groups excluding carboxylic acids is 1. The topological polar surface area (TPSA) is 43.1 Å². The third kappa shape index (κ3) is 4.03. The van der Waals surface area contributed by atoms with Gasteiger partial charge in [0.25, 0.3) is 0 Å². The monoisotopic (exact) mass is 277 g/mol. The number of carbonyl (C=O) groups is 1. The highest BCUT2D eigenvalue weighted by molar-refractivity contribution is 7.13. The zero-order chi connectivity index (χ0) is 13.5. The number of unbranched alkanes of at least 4 members (excludes halogenated alkanes) is 4. The van der Waals surface area contributed by atoms with E-state index in [2.05, 4.69) is 12.1 Å². The summed E-state index contributed by atoms with van der Waals surface area (Å²) in [6.45, 7) is 2.19. The van der Waals surface area contributed by atoms with Crippen molar-refractivity contribution in [2.75, 3.05) is 0 Å². The van der Waals surface area contributed by atoms with Crippen molar-refractivity contribution in [3.8, 4) is 10.6 Å². The number of nitrogens with zero attached hydrogens (tertiary/aromatic N) is 1. The molecule has 0 radical (unpaired) electrons. The number of aromatic nitrogens is 1. The summed E-state index contributed by atoms with van der Waals surface area (Å²) in [6.07, 6.45) is 6.32. The molecule has 2 aromatic rings. The number of thiophene rings is 1. The van der Waals surface area contributed by atoms with Crippen molar-refractivity contribution in [1.29, 1.82) is 0 Å². The predicted molar refractivity (Wildman–Crippen MR) is 77.5 cm³/mol. The Hall–Kier alpha value is -1.42. The van der Waals surface area contributed by atoms with Crippen LogP contribution in [0, 0.1) is 0 Å². The fourth-order valence-corrected chi connectivity index (χ4v) is 2.63. The molecule has 0 N–H and O–H groups in total. The van der Waals surface area contributed by atoms with E-state index in [4.69, 9.17) is 4.52 Å². The molecule has 0 bridgehead atoms. The minimum absolute atomic E-state index is 0.0862. The Kier molecular flexibility index (Phi) is 5.33. The highest BCUT2D eigenvalue weighted by Crippen LogP contribution is 2.25. The van der Waals surface area contributed by atoms with Crippen LogP contribution in [0.2, 0.25) is 0 Å². The highest BCUT2D eigenvalue weighted by Gasteiger charge is 2.13. The van der Waals surface area contributed by atoms with Crippen molar-refractivity contribution < 1.29 is 9.32 Å². The van der Waals surface area contributed by atoms with E-state index in [1.54, 1.807) is 17.4 Å². The molecule has 0 saturated carbocycles. The Bertz CT molecular complexity index is 502. The smallest absolute Gasteiger partial charge is 0.184 e. The summed E-state index contributed by atoms with van der Waals surface area (Å²) in [5, 5.41) is 5.85. The van der Waals surface area contributed by atoms with Crippen LogP contribution >= 0.6 is 11.3 Å². The normalized spacial score (nSPS) is 10.8. The molecule has 0 aliphatic carbocycles. The van der Waals surface area contributed by atoms with Gasteiger partial charge in [-0.1, -0.05) is 43.8 Å². The lowest BCUT2D eigenvalue weighted by molar-refractivity contribution is 0.0970. The fraction of sp³-hybridized carbons (Fsp3) is 0.467. The Morgan fingerprint density at radius 3 is 2.89 bits per heavy atom. The molecular weight excluding hydrogens is 258 g/mol. The van der Waals surface area contributed by atoms with Gasteiger partial charge in [-0.25, -0.2) is 0 Å². The average Bonchev–Trinajstić information content (AvgIpc) is 3.08. The van der Waals surface area contributed by atoms with Crippen molar-refractivity contribution in [3.63, 3.8) is 0 Å². The second-order valence-corrected chi connectivity index (χ2v) is 5.59. The van der Waals surface area contributed by atoms with Crippen LogP contribution in [-0.2, 0) is 0 Å². The zero-order valence-corrected chi connectivity index (χ0v) is 12.0. The van der Waals surface area contributed by atoms with Gasteiger partial charge in [-0.3, -0.25) is 4.79 Å². The molecule has 0 atom stereocenters. The molecule has 0 spiro atoms. The van der Waals surface area contributed by atoms with Gasteiger partial charge < -0.3 is 4.52 Å². The maximum atomic E-state index is 11.9. The largest absolute Gasteiger partial charge is 0.355 e. The van der Waals surface area contributed by atoms with E-state index in [1.165, 1.54) is 19.3 Å². The van der Waals surface area contributed by atoms with Crippen LogP contribution in [0.5, 0.6) is 0 Å². The first-order valence-corrected chi connectivity index (χ1v) is 7.73. The van der Waals surface area contributed by atoms with Crippen LogP contribution in [0.25, 0.3) is 10.6 Å². The van der Waals surface area contributed by atoms with E-state index in [9.17, 15) is 4.79 Å². The summed E-state index contributed by atoms with van der Waals surface area (Å²) < 4.78 is 5.21. The van der Waals surface area contributed by atoms with Gasteiger partial charge in [0.15, 0.2) is 11.5 Å². The molecule has 3 nitrogen and oxygen atoms in total. The Labute approximate surface area is 117 Å². The number of hydrogen-bond acceptors (Lipinski definition) is 4. The van der Waals surface area contributed by atoms with E-state index in [-0.39, 0.29) is 5.78 Å². The maximum Gasteiger partial charge on any atom is 0.184 e. The van der Waals surface area contributed by atoms with Gasteiger partial charge in [0.2, 0.25) is 0 Å². The molecule has 0 aromatic carbocycles. The number of rotatable bonds is 8. The molecule has 0 saturated heterocycles. The summed E-state index contributed by atoms with van der Waals surface area (Å²) in [6, 6.07) is 5.67. The second-order valence-electron chi connectivity index (χ2n) is 4.64. The molecule has 2 aromatic heterocycles. The van der Waals surface area contributed by atoms with Gasteiger partial charge in [-0.15, -0.1) is 11.3 Å². The van der Waals surface area contributed by atoms with Crippen LogP contribution in [0.15, 0.2) is 28.1 Å². The van der Waals surface area contributed by atoms with Crippen LogP contribution in [0.3, 0.4) is 0 Å². The molecular formula is C15H19NO2S. The van der Waals surface area contributed by atoms with Gasteiger partial charge in [-0.2, -0.15) is 0 Å². The molecule has 0 aliphatic rings. The molecule has 0 amide bonds. The Morgan fingerprint density at radius 1 is 1.32 bits per heavy atom.